The van der Waals surface area contributed by atoms with Crippen molar-refractivity contribution in [1.82, 2.24) is 5.32 Å². The van der Waals surface area contributed by atoms with Crippen molar-refractivity contribution in [3.05, 3.63) is 53.6 Å². The second-order valence-electron chi connectivity index (χ2n) is 7.45. The fraction of sp³-hybridized carbons (Fsp3) is 0.273. The summed E-state index contributed by atoms with van der Waals surface area (Å²) in [6.07, 6.45) is 0.227. The summed E-state index contributed by atoms with van der Waals surface area (Å²) in [5, 5.41) is 12.0. The molecule has 2 aliphatic heterocycles. The van der Waals surface area contributed by atoms with Gasteiger partial charge in [-0.3, -0.25) is 19.4 Å². The first-order valence-corrected chi connectivity index (χ1v) is 10.3. The van der Waals surface area contributed by atoms with Gasteiger partial charge in [0.2, 0.25) is 5.91 Å². The standard InChI is InChI=1S/C22H22ClN5O3/c1-14(29)20-12-18(26-28(20)16-5-3-2-4-6-16)22(31)25-15-7-8-19(17(23)11-15)27-10-9-24-21(30)13-27/h2-8,11,20H,9-10,12-13H2,1H3,(H,24,30)(H,25,31). The van der Waals surface area contributed by atoms with E-state index in [-0.39, 0.29) is 36.3 Å². The molecule has 2 aliphatic rings. The van der Waals surface area contributed by atoms with E-state index in [1.54, 1.807) is 23.2 Å². The van der Waals surface area contributed by atoms with Gasteiger partial charge in [-0.2, -0.15) is 5.10 Å². The monoisotopic (exact) mass is 439 g/mol. The molecule has 1 unspecified atom stereocenters. The Morgan fingerprint density at radius 2 is 1.97 bits per heavy atom. The van der Waals surface area contributed by atoms with Gasteiger partial charge in [0.15, 0.2) is 5.78 Å². The van der Waals surface area contributed by atoms with Gasteiger partial charge in [-0.05, 0) is 37.3 Å². The first-order chi connectivity index (χ1) is 14.9. The Morgan fingerprint density at radius 1 is 1.19 bits per heavy atom. The number of rotatable bonds is 5. The summed E-state index contributed by atoms with van der Waals surface area (Å²) in [4.78, 5) is 38.4. The molecule has 2 amide bonds. The quantitative estimate of drug-likeness (QED) is 0.746. The Morgan fingerprint density at radius 3 is 2.65 bits per heavy atom. The second kappa shape index (κ2) is 8.77. The van der Waals surface area contributed by atoms with E-state index in [0.717, 1.165) is 11.4 Å². The van der Waals surface area contributed by atoms with Crippen LogP contribution in [0, 0.1) is 0 Å². The van der Waals surface area contributed by atoms with Gasteiger partial charge < -0.3 is 15.5 Å². The lowest BCUT2D eigenvalue weighted by molar-refractivity contribution is -0.120. The smallest absolute Gasteiger partial charge is 0.271 e. The fourth-order valence-electron chi connectivity index (χ4n) is 3.67. The molecule has 2 heterocycles. The molecule has 1 fully saturated rings. The number of carbonyl (C=O) groups is 3. The van der Waals surface area contributed by atoms with Gasteiger partial charge in [0.05, 0.1) is 22.9 Å². The van der Waals surface area contributed by atoms with Crippen molar-refractivity contribution < 1.29 is 14.4 Å². The van der Waals surface area contributed by atoms with Crippen LogP contribution in [-0.4, -0.2) is 49.0 Å². The van der Waals surface area contributed by atoms with Crippen molar-refractivity contribution in [2.75, 3.05) is 34.9 Å². The Labute approximate surface area is 184 Å². The minimum absolute atomic E-state index is 0.0538. The number of amides is 2. The number of hydrazone groups is 1. The van der Waals surface area contributed by atoms with E-state index in [9.17, 15) is 14.4 Å². The van der Waals surface area contributed by atoms with E-state index < -0.39 is 6.04 Å². The zero-order valence-corrected chi connectivity index (χ0v) is 17.7. The van der Waals surface area contributed by atoms with Crippen LogP contribution >= 0.6 is 11.6 Å². The molecule has 2 aromatic rings. The second-order valence-corrected chi connectivity index (χ2v) is 7.86. The van der Waals surface area contributed by atoms with Gasteiger partial charge in [0.1, 0.15) is 11.8 Å². The van der Waals surface area contributed by atoms with Crippen LogP contribution in [0.5, 0.6) is 0 Å². The summed E-state index contributed by atoms with van der Waals surface area (Å²) in [6, 6.07) is 13.9. The third kappa shape index (κ3) is 4.54. The molecule has 0 bridgehead atoms. The summed E-state index contributed by atoms with van der Waals surface area (Å²) in [5.74, 6) is -0.499. The number of piperazine rings is 1. The number of para-hydroxylation sites is 1. The van der Waals surface area contributed by atoms with Gasteiger partial charge >= 0.3 is 0 Å². The van der Waals surface area contributed by atoms with Crippen LogP contribution in [0.4, 0.5) is 17.1 Å². The highest BCUT2D eigenvalue weighted by atomic mass is 35.5. The summed E-state index contributed by atoms with van der Waals surface area (Å²) in [6.45, 7) is 2.96. The SMILES string of the molecule is CC(=O)C1CC(C(=O)Nc2ccc(N3CCNC(=O)C3)c(Cl)c2)=NN1c1ccccc1. The largest absolute Gasteiger partial charge is 0.359 e. The van der Waals surface area contributed by atoms with E-state index in [4.69, 9.17) is 11.6 Å². The van der Waals surface area contributed by atoms with Crippen LogP contribution in [0.2, 0.25) is 5.02 Å². The topological polar surface area (TPSA) is 94.1 Å². The van der Waals surface area contributed by atoms with Crippen molar-refractivity contribution >= 4 is 52.0 Å². The van der Waals surface area contributed by atoms with Gasteiger partial charge in [-0.15, -0.1) is 0 Å². The highest BCUT2D eigenvalue weighted by Crippen LogP contribution is 2.30. The third-order valence-corrected chi connectivity index (χ3v) is 5.55. The molecule has 2 N–H and O–H groups in total. The molecule has 8 nitrogen and oxygen atoms in total. The minimum Gasteiger partial charge on any atom is -0.359 e. The predicted molar refractivity (Wildman–Crippen MR) is 121 cm³/mol. The number of Topliss-reactive ketones (excluding diaryl/α,β-unsaturated/α-hetero) is 1. The molecule has 0 radical (unpaired) electrons. The molecule has 160 valence electrons. The van der Waals surface area contributed by atoms with Crippen LogP contribution in [0.15, 0.2) is 53.6 Å². The maximum Gasteiger partial charge on any atom is 0.271 e. The third-order valence-electron chi connectivity index (χ3n) is 5.25. The number of anilines is 3. The summed E-state index contributed by atoms with van der Waals surface area (Å²) < 4.78 is 0. The molecule has 2 aromatic carbocycles. The van der Waals surface area contributed by atoms with Gasteiger partial charge in [0, 0.05) is 25.2 Å². The molecule has 0 saturated carbocycles. The number of benzene rings is 2. The van der Waals surface area contributed by atoms with Crippen molar-refractivity contribution in [3.63, 3.8) is 0 Å². The minimum atomic E-state index is -0.514. The van der Waals surface area contributed by atoms with Crippen LogP contribution in [0.3, 0.4) is 0 Å². The number of halogens is 1. The maximum absolute atomic E-state index is 12.8. The fourth-order valence-corrected chi connectivity index (χ4v) is 3.97. The zero-order chi connectivity index (χ0) is 22.0. The first-order valence-electron chi connectivity index (χ1n) is 9.97. The molecule has 0 aromatic heterocycles. The maximum atomic E-state index is 12.8. The summed E-state index contributed by atoms with van der Waals surface area (Å²) in [5.41, 5.74) is 2.28. The molecule has 1 saturated heterocycles. The van der Waals surface area contributed by atoms with E-state index in [0.29, 0.717) is 23.8 Å². The highest BCUT2D eigenvalue weighted by Gasteiger charge is 2.34. The van der Waals surface area contributed by atoms with E-state index >= 15 is 0 Å². The number of carbonyl (C=O) groups excluding carboxylic acids is 3. The van der Waals surface area contributed by atoms with Crippen LogP contribution in [-0.2, 0) is 14.4 Å². The number of hydrogen-bond acceptors (Lipinski definition) is 6. The Bertz CT molecular complexity index is 1060. The number of nitrogens with zero attached hydrogens (tertiary/aromatic N) is 3. The van der Waals surface area contributed by atoms with Crippen molar-refractivity contribution in [2.45, 2.75) is 19.4 Å². The molecule has 1 atom stereocenters. The average molecular weight is 440 g/mol. The Balaban J connectivity index is 1.49. The van der Waals surface area contributed by atoms with Crippen LogP contribution in [0.25, 0.3) is 0 Å². The normalized spacial score (nSPS) is 18.5. The Hall–Kier alpha value is -3.39. The van der Waals surface area contributed by atoms with E-state index in [1.807, 2.05) is 35.2 Å². The van der Waals surface area contributed by atoms with Gasteiger partial charge in [0.25, 0.3) is 5.91 Å². The van der Waals surface area contributed by atoms with Crippen molar-refractivity contribution in [2.24, 2.45) is 5.10 Å². The molecule has 9 heteroatoms. The number of hydrogen-bond donors (Lipinski definition) is 2. The number of ketones is 1. The van der Waals surface area contributed by atoms with Crippen LogP contribution in [0.1, 0.15) is 13.3 Å². The van der Waals surface area contributed by atoms with Crippen LogP contribution < -0.4 is 20.5 Å². The summed E-state index contributed by atoms with van der Waals surface area (Å²) >= 11 is 6.41. The highest BCUT2D eigenvalue weighted by molar-refractivity contribution is 6.44. The van der Waals surface area contributed by atoms with E-state index in [2.05, 4.69) is 15.7 Å². The van der Waals surface area contributed by atoms with Crippen molar-refractivity contribution in [3.8, 4) is 0 Å². The molecule has 4 rings (SSSR count). The lowest BCUT2D eigenvalue weighted by Crippen LogP contribution is -2.47. The molecule has 0 aliphatic carbocycles. The number of nitrogens with one attached hydrogen (secondary N) is 2. The zero-order valence-electron chi connectivity index (χ0n) is 17.0. The lowest BCUT2D eigenvalue weighted by Gasteiger charge is -2.29. The molecular weight excluding hydrogens is 418 g/mol. The predicted octanol–water partition coefficient (Wildman–Crippen LogP) is 2.44. The molecule has 0 spiro atoms. The lowest BCUT2D eigenvalue weighted by atomic mass is 10.1. The first kappa shape index (κ1) is 20.9. The van der Waals surface area contributed by atoms with Gasteiger partial charge in [-0.25, -0.2) is 0 Å². The molecule has 31 heavy (non-hydrogen) atoms. The van der Waals surface area contributed by atoms with E-state index in [1.165, 1.54) is 6.92 Å². The van der Waals surface area contributed by atoms with Gasteiger partial charge in [-0.1, -0.05) is 29.8 Å². The average Bonchev–Trinajstić information content (AvgIpc) is 3.21. The van der Waals surface area contributed by atoms with Crippen molar-refractivity contribution in [1.29, 1.82) is 0 Å². The summed E-state index contributed by atoms with van der Waals surface area (Å²) in [7, 11) is 0. The Kier molecular flexibility index (Phi) is 5.90. The molecular formula is C22H22ClN5O3.